The van der Waals surface area contributed by atoms with Gasteiger partial charge in [-0.2, -0.15) is 0 Å². The summed E-state index contributed by atoms with van der Waals surface area (Å²) in [6, 6.07) is 3.69. The molecule has 0 aliphatic heterocycles. The molecule has 84 valence electrons. The number of furan rings is 1. The SMILES string of the molecule is CC(C)CC(=O)N(C)Cc1ccc(Br)o1. The Labute approximate surface area is 98.6 Å². The van der Waals surface area contributed by atoms with Crippen LogP contribution in [0.15, 0.2) is 21.2 Å². The molecule has 1 heterocycles. The van der Waals surface area contributed by atoms with Gasteiger partial charge in [-0.1, -0.05) is 13.8 Å². The maximum atomic E-state index is 11.6. The maximum absolute atomic E-state index is 11.6. The van der Waals surface area contributed by atoms with E-state index >= 15 is 0 Å². The fourth-order valence-electron chi connectivity index (χ4n) is 1.26. The lowest BCUT2D eigenvalue weighted by Crippen LogP contribution is -2.26. The molecule has 0 saturated carbocycles. The van der Waals surface area contributed by atoms with E-state index in [1.807, 2.05) is 26.0 Å². The van der Waals surface area contributed by atoms with Crippen LogP contribution < -0.4 is 0 Å². The first-order valence-electron chi connectivity index (χ1n) is 4.97. The highest BCUT2D eigenvalue weighted by Crippen LogP contribution is 2.15. The number of amides is 1. The van der Waals surface area contributed by atoms with Crippen molar-refractivity contribution in [3.8, 4) is 0 Å². The van der Waals surface area contributed by atoms with Crippen LogP contribution in [0.25, 0.3) is 0 Å². The van der Waals surface area contributed by atoms with E-state index in [1.165, 1.54) is 0 Å². The Kier molecular flexibility index (Phi) is 4.39. The molecule has 1 aromatic heterocycles. The summed E-state index contributed by atoms with van der Waals surface area (Å²) >= 11 is 3.23. The van der Waals surface area contributed by atoms with Crippen molar-refractivity contribution in [2.45, 2.75) is 26.8 Å². The van der Waals surface area contributed by atoms with Gasteiger partial charge in [-0.05, 0) is 34.0 Å². The van der Waals surface area contributed by atoms with Crippen LogP contribution in [-0.2, 0) is 11.3 Å². The molecule has 0 bridgehead atoms. The molecule has 0 fully saturated rings. The molecule has 0 atom stereocenters. The van der Waals surface area contributed by atoms with E-state index in [1.54, 1.807) is 11.9 Å². The first-order chi connectivity index (χ1) is 6.99. The fourth-order valence-corrected chi connectivity index (χ4v) is 1.60. The molecule has 1 aromatic rings. The first kappa shape index (κ1) is 12.3. The van der Waals surface area contributed by atoms with Gasteiger partial charge in [-0.25, -0.2) is 0 Å². The monoisotopic (exact) mass is 273 g/mol. The summed E-state index contributed by atoms with van der Waals surface area (Å²) in [5, 5.41) is 0. The molecule has 15 heavy (non-hydrogen) atoms. The van der Waals surface area contributed by atoms with Crippen molar-refractivity contribution in [1.29, 1.82) is 0 Å². The van der Waals surface area contributed by atoms with Crippen LogP contribution in [0.3, 0.4) is 0 Å². The number of carbonyl (C=O) groups excluding carboxylic acids is 1. The minimum Gasteiger partial charge on any atom is -0.452 e. The van der Waals surface area contributed by atoms with Crippen molar-refractivity contribution in [3.05, 3.63) is 22.6 Å². The predicted octanol–water partition coefficient (Wildman–Crippen LogP) is 3.05. The number of rotatable bonds is 4. The van der Waals surface area contributed by atoms with Crippen molar-refractivity contribution < 1.29 is 9.21 Å². The van der Waals surface area contributed by atoms with Crippen LogP contribution in [0.4, 0.5) is 0 Å². The van der Waals surface area contributed by atoms with Gasteiger partial charge in [0.15, 0.2) is 4.67 Å². The predicted molar refractivity (Wildman–Crippen MR) is 62.3 cm³/mol. The highest BCUT2D eigenvalue weighted by atomic mass is 79.9. The molecule has 3 nitrogen and oxygen atoms in total. The highest BCUT2D eigenvalue weighted by Gasteiger charge is 2.12. The molecule has 0 unspecified atom stereocenters. The van der Waals surface area contributed by atoms with Gasteiger partial charge in [0, 0.05) is 13.5 Å². The van der Waals surface area contributed by atoms with Crippen molar-refractivity contribution in [3.63, 3.8) is 0 Å². The normalized spacial score (nSPS) is 10.7. The summed E-state index contributed by atoms with van der Waals surface area (Å²) in [4.78, 5) is 13.3. The molecule has 1 amide bonds. The van der Waals surface area contributed by atoms with Crippen LogP contribution in [0.2, 0.25) is 0 Å². The van der Waals surface area contributed by atoms with E-state index in [0.717, 1.165) is 5.76 Å². The highest BCUT2D eigenvalue weighted by molar-refractivity contribution is 9.10. The average molecular weight is 274 g/mol. The van der Waals surface area contributed by atoms with Crippen molar-refractivity contribution in [2.24, 2.45) is 5.92 Å². The van der Waals surface area contributed by atoms with Gasteiger partial charge in [0.2, 0.25) is 5.91 Å². The summed E-state index contributed by atoms with van der Waals surface area (Å²) in [5.41, 5.74) is 0. The number of carbonyl (C=O) groups is 1. The molecule has 0 aliphatic carbocycles. The van der Waals surface area contributed by atoms with E-state index in [2.05, 4.69) is 15.9 Å². The lowest BCUT2D eigenvalue weighted by molar-refractivity contribution is -0.131. The minimum absolute atomic E-state index is 0.150. The van der Waals surface area contributed by atoms with Crippen LogP contribution in [-0.4, -0.2) is 17.9 Å². The van der Waals surface area contributed by atoms with Gasteiger partial charge in [-0.15, -0.1) is 0 Å². The smallest absolute Gasteiger partial charge is 0.222 e. The third-order valence-corrected chi connectivity index (χ3v) is 2.46. The Bertz CT molecular complexity index is 333. The number of hydrogen-bond acceptors (Lipinski definition) is 2. The van der Waals surface area contributed by atoms with Crippen LogP contribution in [0.1, 0.15) is 26.0 Å². The molecule has 0 radical (unpaired) electrons. The number of hydrogen-bond donors (Lipinski definition) is 0. The van der Waals surface area contributed by atoms with Gasteiger partial charge in [-0.3, -0.25) is 4.79 Å². The molecule has 0 N–H and O–H groups in total. The summed E-state index contributed by atoms with van der Waals surface area (Å²) in [5.74, 6) is 1.34. The zero-order valence-electron chi connectivity index (χ0n) is 9.29. The second-order valence-corrected chi connectivity index (χ2v) is 4.84. The van der Waals surface area contributed by atoms with E-state index in [-0.39, 0.29) is 5.91 Å². The standard InChI is InChI=1S/C11H16BrNO2/c1-8(2)6-11(14)13(3)7-9-4-5-10(12)15-9/h4-5,8H,6-7H2,1-3H3. The summed E-state index contributed by atoms with van der Waals surface area (Å²) in [7, 11) is 1.79. The Balaban J connectivity index is 2.48. The Morgan fingerprint density at radius 1 is 1.53 bits per heavy atom. The van der Waals surface area contributed by atoms with Crippen molar-refractivity contribution in [1.82, 2.24) is 4.90 Å². The zero-order valence-corrected chi connectivity index (χ0v) is 10.9. The van der Waals surface area contributed by atoms with E-state index in [9.17, 15) is 4.79 Å². The van der Waals surface area contributed by atoms with Crippen molar-refractivity contribution in [2.75, 3.05) is 7.05 Å². The van der Waals surface area contributed by atoms with E-state index in [4.69, 9.17) is 4.42 Å². The fraction of sp³-hybridized carbons (Fsp3) is 0.545. The third kappa shape index (κ3) is 4.08. The second-order valence-electron chi connectivity index (χ2n) is 4.05. The summed E-state index contributed by atoms with van der Waals surface area (Å²) in [6.07, 6.45) is 0.582. The van der Waals surface area contributed by atoms with Crippen molar-refractivity contribution >= 4 is 21.8 Å². The topological polar surface area (TPSA) is 33.5 Å². The van der Waals surface area contributed by atoms with Gasteiger partial charge in [0.25, 0.3) is 0 Å². The van der Waals surface area contributed by atoms with Gasteiger partial charge < -0.3 is 9.32 Å². The molecule has 0 spiro atoms. The summed E-state index contributed by atoms with van der Waals surface area (Å²) < 4.78 is 6.03. The summed E-state index contributed by atoms with van der Waals surface area (Å²) in [6.45, 7) is 4.60. The Morgan fingerprint density at radius 2 is 2.20 bits per heavy atom. The average Bonchev–Trinajstić information content (AvgIpc) is 2.50. The van der Waals surface area contributed by atoms with Gasteiger partial charge >= 0.3 is 0 Å². The molecule has 4 heteroatoms. The number of nitrogens with zero attached hydrogens (tertiary/aromatic N) is 1. The zero-order chi connectivity index (χ0) is 11.4. The molecular weight excluding hydrogens is 258 g/mol. The molecule has 0 saturated heterocycles. The molecule has 0 aliphatic rings. The third-order valence-electron chi connectivity index (χ3n) is 2.03. The van der Waals surface area contributed by atoms with E-state index in [0.29, 0.717) is 23.6 Å². The Hall–Kier alpha value is -0.770. The molecule has 0 aromatic carbocycles. The number of halogens is 1. The first-order valence-corrected chi connectivity index (χ1v) is 5.76. The maximum Gasteiger partial charge on any atom is 0.222 e. The minimum atomic E-state index is 0.150. The second kappa shape index (κ2) is 5.35. The van der Waals surface area contributed by atoms with E-state index < -0.39 is 0 Å². The quantitative estimate of drug-likeness (QED) is 0.845. The largest absolute Gasteiger partial charge is 0.452 e. The van der Waals surface area contributed by atoms with Crippen LogP contribution >= 0.6 is 15.9 Å². The lowest BCUT2D eigenvalue weighted by atomic mass is 10.1. The molecule has 1 rings (SSSR count). The Morgan fingerprint density at radius 3 is 2.67 bits per heavy atom. The lowest BCUT2D eigenvalue weighted by Gasteiger charge is -2.16. The molecular formula is C11H16BrNO2. The van der Waals surface area contributed by atoms with Crippen LogP contribution in [0.5, 0.6) is 0 Å². The van der Waals surface area contributed by atoms with Gasteiger partial charge in [0.05, 0.1) is 6.54 Å². The van der Waals surface area contributed by atoms with Crippen LogP contribution in [0, 0.1) is 5.92 Å². The van der Waals surface area contributed by atoms with Gasteiger partial charge in [0.1, 0.15) is 5.76 Å².